The fourth-order valence-electron chi connectivity index (χ4n) is 1.80. The molecule has 0 aliphatic carbocycles. The van der Waals surface area contributed by atoms with Gasteiger partial charge < -0.3 is 14.7 Å². The first-order chi connectivity index (χ1) is 8.06. The highest BCUT2D eigenvalue weighted by Gasteiger charge is 2.26. The Morgan fingerprint density at radius 3 is 2.35 bits per heavy atom. The van der Waals surface area contributed by atoms with Crippen LogP contribution < -0.4 is 0 Å². The lowest BCUT2D eigenvalue weighted by atomic mass is 10.2. The van der Waals surface area contributed by atoms with Crippen molar-refractivity contribution in [2.45, 2.75) is 19.9 Å². The van der Waals surface area contributed by atoms with Crippen molar-refractivity contribution < 1.29 is 19.4 Å². The quantitative estimate of drug-likeness (QED) is 0.715. The Bertz CT molecular complexity index is 275. The summed E-state index contributed by atoms with van der Waals surface area (Å²) >= 11 is 0. The molecule has 1 amide bonds. The van der Waals surface area contributed by atoms with Gasteiger partial charge in [0.1, 0.15) is 12.6 Å². The summed E-state index contributed by atoms with van der Waals surface area (Å²) in [6.07, 6.45) is 0. The van der Waals surface area contributed by atoms with Gasteiger partial charge in [-0.15, -0.1) is 0 Å². The number of carboxylic acid groups (broad SMARTS) is 1. The number of rotatable bonds is 5. The average Bonchev–Trinajstić information content (AvgIpc) is 2.35. The lowest BCUT2D eigenvalue weighted by Crippen LogP contribution is -2.53. The van der Waals surface area contributed by atoms with Crippen molar-refractivity contribution in [3.63, 3.8) is 0 Å². The van der Waals surface area contributed by atoms with E-state index in [0.717, 1.165) is 0 Å². The molecule has 1 atom stereocenters. The van der Waals surface area contributed by atoms with E-state index in [9.17, 15) is 9.59 Å². The molecule has 0 aromatic rings. The number of hydrogen-bond donors (Lipinski definition) is 1. The van der Waals surface area contributed by atoms with E-state index >= 15 is 0 Å². The molecule has 1 unspecified atom stereocenters. The number of hydrogen-bond acceptors (Lipinski definition) is 4. The molecule has 6 heteroatoms. The van der Waals surface area contributed by atoms with Crippen LogP contribution in [0.15, 0.2) is 0 Å². The smallest absolute Gasteiger partial charge is 0.320 e. The van der Waals surface area contributed by atoms with E-state index in [-0.39, 0.29) is 12.5 Å². The molecule has 0 radical (unpaired) electrons. The van der Waals surface area contributed by atoms with Crippen LogP contribution in [0.4, 0.5) is 0 Å². The van der Waals surface area contributed by atoms with Gasteiger partial charge in [-0.2, -0.15) is 0 Å². The Balaban J connectivity index is 2.35. The van der Waals surface area contributed by atoms with E-state index in [4.69, 9.17) is 9.84 Å². The Morgan fingerprint density at radius 2 is 1.88 bits per heavy atom. The summed E-state index contributed by atoms with van der Waals surface area (Å²) in [5.41, 5.74) is 0. The van der Waals surface area contributed by atoms with Gasteiger partial charge in [0.05, 0.1) is 0 Å². The van der Waals surface area contributed by atoms with Crippen molar-refractivity contribution in [2.24, 2.45) is 0 Å². The van der Waals surface area contributed by atoms with E-state index in [1.165, 1.54) is 0 Å². The third-order valence-electron chi connectivity index (χ3n) is 3.00. The van der Waals surface area contributed by atoms with E-state index in [1.54, 1.807) is 11.8 Å². The Hall–Kier alpha value is -1.14. The molecule has 1 heterocycles. The van der Waals surface area contributed by atoms with Crippen LogP contribution in [-0.2, 0) is 14.3 Å². The Labute approximate surface area is 101 Å². The highest BCUT2D eigenvalue weighted by molar-refractivity contribution is 5.77. The molecule has 0 aromatic heterocycles. The Kier molecular flexibility index (Phi) is 5.37. The van der Waals surface area contributed by atoms with Crippen molar-refractivity contribution in [2.75, 3.05) is 39.4 Å². The fourth-order valence-corrected chi connectivity index (χ4v) is 1.80. The van der Waals surface area contributed by atoms with Crippen LogP contribution in [0.2, 0.25) is 0 Å². The van der Waals surface area contributed by atoms with Crippen molar-refractivity contribution in [3.8, 4) is 0 Å². The first-order valence-corrected chi connectivity index (χ1v) is 5.88. The number of nitrogens with zero attached hydrogens (tertiary/aromatic N) is 2. The second kappa shape index (κ2) is 6.56. The van der Waals surface area contributed by atoms with Gasteiger partial charge in [0.15, 0.2) is 0 Å². The van der Waals surface area contributed by atoms with Crippen LogP contribution in [0.3, 0.4) is 0 Å². The summed E-state index contributed by atoms with van der Waals surface area (Å²) in [5, 5.41) is 8.88. The molecule has 1 rings (SSSR count). The van der Waals surface area contributed by atoms with E-state index in [2.05, 4.69) is 0 Å². The number of amides is 1. The minimum Gasteiger partial charge on any atom is -0.480 e. The lowest BCUT2D eigenvalue weighted by molar-refractivity contribution is -0.144. The number of carbonyl (C=O) groups excluding carboxylic acids is 1. The topological polar surface area (TPSA) is 70.1 Å². The first kappa shape index (κ1) is 13.9. The summed E-state index contributed by atoms with van der Waals surface area (Å²) in [6.45, 7) is 6.51. The maximum atomic E-state index is 11.6. The van der Waals surface area contributed by atoms with Crippen LogP contribution in [0, 0.1) is 0 Å². The van der Waals surface area contributed by atoms with Crippen molar-refractivity contribution >= 4 is 11.9 Å². The molecule has 6 nitrogen and oxygen atoms in total. The molecule has 1 aliphatic rings. The Morgan fingerprint density at radius 1 is 1.29 bits per heavy atom. The van der Waals surface area contributed by atoms with Gasteiger partial charge in [0.2, 0.25) is 5.91 Å². The molecule has 0 spiro atoms. The maximum Gasteiger partial charge on any atom is 0.320 e. The zero-order chi connectivity index (χ0) is 12.8. The van der Waals surface area contributed by atoms with Gasteiger partial charge >= 0.3 is 5.97 Å². The van der Waals surface area contributed by atoms with E-state index < -0.39 is 12.0 Å². The summed E-state index contributed by atoms with van der Waals surface area (Å²) in [7, 11) is 0. The average molecular weight is 244 g/mol. The lowest BCUT2D eigenvalue weighted by Gasteiger charge is -2.36. The van der Waals surface area contributed by atoms with E-state index in [1.807, 2.05) is 11.8 Å². The third kappa shape index (κ3) is 3.98. The largest absolute Gasteiger partial charge is 0.480 e. The van der Waals surface area contributed by atoms with Crippen LogP contribution in [-0.4, -0.2) is 72.2 Å². The second-order valence-electron chi connectivity index (χ2n) is 4.07. The number of carbonyl (C=O) groups is 2. The second-order valence-corrected chi connectivity index (χ2v) is 4.07. The predicted molar refractivity (Wildman–Crippen MR) is 61.7 cm³/mol. The molecule has 1 N–H and O–H groups in total. The van der Waals surface area contributed by atoms with Crippen molar-refractivity contribution in [3.05, 3.63) is 0 Å². The minimum absolute atomic E-state index is 0.0190. The minimum atomic E-state index is -0.820. The van der Waals surface area contributed by atoms with Gasteiger partial charge in [-0.1, -0.05) is 0 Å². The normalized spacial score (nSPS) is 19.1. The van der Waals surface area contributed by atoms with E-state index in [0.29, 0.717) is 32.8 Å². The number of carboxylic acids is 1. The molecule has 0 aromatic carbocycles. The van der Waals surface area contributed by atoms with Gasteiger partial charge in [-0.25, -0.2) is 0 Å². The number of piperazine rings is 1. The molecule has 1 fully saturated rings. The van der Waals surface area contributed by atoms with Crippen LogP contribution >= 0.6 is 0 Å². The molecular formula is C11H20N2O4. The SMILES string of the molecule is CCOCC(=O)N1CCN(C(C)C(=O)O)CC1. The fraction of sp³-hybridized carbons (Fsp3) is 0.818. The molecule has 0 saturated carbocycles. The molecule has 1 aliphatic heterocycles. The zero-order valence-corrected chi connectivity index (χ0v) is 10.4. The molecule has 17 heavy (non-hydrogen) atoms. The first-order valence-electron chi connectivity index (χ1n) is 5.88. The molecule has 98 valence electrons. The van der Waals surface area contributed by atoms with Crippen LogP contribution in [0.5, 0.6) is 0 Å². The summed E-state index contributed by atoms with van der Waals surface area (Å²) in [6, 6.07) is -0.487. The van der Waals surface area contributed by atoms with Crippen LogP contribution in [0.25, 0.3) is 0 Å². The summed E-state index contributed by atoms with van der Waals surface area (Å²) < 4.78 is 5.06. The number of aliphatic carboxylic acids is 1. The summed E-state index contributed by atoms with van der Waals surface area (Å²) in [4.78, 5) is 26.0. The molecule has 1 saturated heterocycles. The zero-order valence-electron chi connectivity index (χ0n) is 10.4. The standard InChI is InChI=1S/C11H20N2O4/c1-3-17-8-10(14)13-6-4-12(5-7-13)9(2)11(15)16/h9H,3-8H2,1-2H3,(H,15,16). The van der Waals surface area contributed by atoms with Gasteiger partial charge in [0, 0.05) is 32.8 Å². The van der Waals surface area contributed by atoms with Crippen molar-refractivity contribution in [1.29, 1.82) is 0 Å². The van der Waals surface area contributed by atoms with Gasteiger partial charge in [-0.3, -0.25) is 14.5 Å². The molecule has 0 bridgehead atoms. The monoisotopic (exact) mass is 244 g/mol. The van der Waals surface area contributed by atoms with Crippen LogP contribution in [0.1, 0.15) is 13.8 Å². The van der Waals surface area contributed by atoms with Gasteiger partial charge in [0.25, 0.3) is 0 Å². The van der Waals surface area contributed by atoms with Gasteiger partial charge in [-0.05, 0) is 13.8 Å². The predicted octanol–water partition coefficient (Wildman–Crippen LogP) is -0.360. The highest BCUT2D eigenvalue weighted by atomic mass is 16.5. The summed E-state index contributed by atoms with van der Waals surface area (Å²) in [5.74, 6) is -0.839. The number of ether oxygens (including phenoxy) is 1. The molecular weight excluding hydrogens is 224 g/mol. The third-order valence-corrected chi connectivity index (χ3v) is 3.00. The highest BCUT2D eigenvalue weighted by Crippen LogP contribution is 2.06. The maximum absolute atomic E-state index is 11.6. The van der Waals surface area contributed by atoms with Crippen molar-refractivity contribution in [1.82, 2.24) is 9.80 Å².